The predicted molar refractivity (Wildman–Crippen MR) is 100 cm³/mol. The van der Waals surface area contributed by atoms with E-state index in [0.29, 0.717) is 0 Å². The Hall–Kier alpha value is -1.01. The maximum atomic E-state index is 12.8. The third-order valence-electron chi connectivity index (χ3n) is 4.55. The molecule has 0 bridgehead atoms. The van der Waals surface area contributed by atoms with E-state index in [2.05, 4.69) is 5.09 Å². The lowest BCUT2D eigenvalue weighted by Crippen LogP contribution is -2.54. The van der Waals surface area contributed by atoms with Crippen molar-refractivity contribution in [2.45, 2.75) is 56.3 Å². The number of hydrogen-bond donors (Lipinski definition) is 1. The Morgan fingerprint density at radius 3 is 2.48 bits per heavy atom. The van der Waals surface area contributed by atoms with Gasteiger partial charge in [0.05, 0.1) is 10.7 Å². The largest absolute Gasteiger partial charge is 0.372 e. The maximum Gasteiger partial charge on any atom is 0.244 e. The summed E-state index contributed by atoms with van der Waals surface area (Å²) in [7, 11) is -2.18. The number of nitrogens with one attached hydrogen (secondary N) is 1. The number of hydrogen-bond acceptors (Lipinski definition) is 4. The van der Waals surface area contributed by atoms with Gasteiger partial charge in [-0.25, -0.2) is 8.42 Å². The van der Waals surface area contributed by atoms with Crippen LogP contribution < -0.4 is 5.09 Å². The summed E-state index contributed by atoms with van der Waals surface area (Å²) in [4.78, 5) is 12.8. The lowest BCUT2D eigenvalue weighted by Gasteiger charge is -2.34. The van der Waals surface area contributed by atoms with Crippen LogP contribution in [0.25, 0.3) is 0 Å². The highest BCUT2D eigenvalue weighted by Crippen LogP contribution is 2.28. The van der Waals surface area contributed by atoms with Gasteiger partial charge in [-0.05, 0) is 52.2 Å². The standard InChI is InChI=1S/C17H27N2O4PS/c1-13-8-10-14(11-9-13)25(21,22)19(4)17(2,3)16(20)18-24-15-7-5-6-12-23-15/h8-11,15,24H,5-7,12H2,1-4H3,(H,18,20). The normalized spacial score (nSPS) is 19.5. The Kier molecular flexibility index (Phi) is 6.60. The average Bonchev–Trinajstić information content (AvgIpc) is 2.60. The molecule has 2 unspecified atom stereocenters. The topological polar surface area (TPSA) is 75.7 Å². The number of sulfonamides is 1. The number of aryl methyl sites for hydroxylation is 1. The van der Waals surface area contributed by atoms with Gasteiger partial charge in [0.2, 0.25) is 15.9 Å². The summed E-state index contributed by atoms with van der Waals surface area (Å²) in [6.07, 6.45) is 3.08. The van der Waals surface area contributed by atoms with Crippen LogP contribution >= 0.6 is 8.73 Å². The van der Waals surface area contributed by atoms with Crippen molar-refractivity contribution in [3.8, 4) is 0 Å². The molecule has 0 spiro atoms. The molecule has 1 aliphatic rings. The third kappa shape index (κ3) is 4.79. The minimum absolute atomic E-state index is 0.0347. The number of ether oxygens (including phenoxy) is 1. The molecule has 1 fully saturated rings. The SMILES string of the molecule is Cc1ccc(S(=O)(=O)N(C)C(C)(C)C(=O)NPC2CCCCO2)cc1. The average molecular weight is 386 g/mol. The Morgan fingerprint density at radius 1 is 1.28 bits per heavy atom. The first-order valence-electron chi connectivity index (χ1n) is 8.39. The van der Waals surface area contributed by atoms with Gasteiger partial charge in [0, 0.05) is 22.4 Å². The molecule has 6 nitrogen and oxygen atoms in total. The fourth-order valence-corrected chi connectivity index (χ4v) is 5.09. The zero-order chi connectivity index (χ0) is 18.7. The van der Waals surface area contributed by atoms with Crippen molar-refractivity contribution in [1.82, 2.24) is 9.39 Å². The summed E-state index contributed by atoms with van der Waals surface area (Å²) in [6, 6.07) is 6.62. The van der Waals surface area contributed by atoms with Crippen molar-refractivity contribution in [3.63, 3.8) is 0 Å². The van der Waals surface area contributed by atoms with Gasteiger partial charge < -0.3 is 9.82 Å². The molecule has 0 aliphatic carbocycles. The van der Waals surface area contributed by atoms with Crippen molar-refractivity contribution in [3.05, 3.63) is 29.8 Å². The second-order valence-corrected chi connectivity index (χ2v) is 9.95. The molecule has 8 heteroatoms. The van der Waals surface area contributed by atoms with Crippen molar-refractivity contribution < 1.29 is 17.9 Å². The van der Waals surface area contributed by atoms with Crippen LogP contribution in [0.1, 0.15) is 38.7 Å². The fraction of sp³-hybridized carbons (Fsp3) is 0.588. The zero-order valence-electron chi connectivity index (χ0n) is 15.2. The van der Waals surface area contributed by atoms with Gasteiger partial charge in [0.15, 0.2) is 0 Å². The van der Waals surface area contributed by atoms with Crippen LogP contribution in [0.4, 0.5) is 0 Å². The van der Waals surface area contributed by atoms with Gasteiger partial charge in [0.25, 0.3) is 0 Å². The molecule has 2 atom stereocenters. The Labute approximate surface area is 152 Å². The summed E-state index contributed by atoms with van der Waals surface area (Å²) in [5.41, 5.74) is -0.224. The molecule has 0 radical (unpaired) electrons. The van der Waals surface area contributed by atoms with Crippen LogP contribution in [0.2, 0.25) is 0 Å². The molecule has 1 aromatic carbocycles. The first-order chi connectivity index (χ1) is 11.7. The van der Waals surface area contributed by atoms with E-state index in [-0.39, 0.29) is 25.4 Å². The van der Waals surface area contributed by atoms with Gasteiger partial charge >= 0.3 is 0 Å². The second-order valence-electron chi connectivity index (χ2n) is 6.80. The zero-order valence-corrected chi connectivity index (χ0v) is 17.0. The number of amides is 1. The highest BCUT2D eigenvalue weighted by atomic mass is 32.2. The summed E-state index contributed by atoms with van der Waals surface area (Å²) >= 11 is 0. The quantitative estimate of drug-likeness (QED) is 0.763. The molecule has 140 valence electrons. The molecule has 1 N–H and O–H groups in total. The molecule has 0 aromatic heterocycles. The second kappa shape index (κ2) is 8.12. The molecule has 25 heavy (non-hydrogen) atoms. The molecular formula is C17H27N2O4PS. The number of carbonyl (C=O) groups excluding carboxylic acids is 1. The summed E-state index contributed by atoms with van der Waals surface area (Å²) < 4.78 is 32.4. The van der Waals surface area contributed by atoms with Crippen LogP contribution in [0.15, 0.2) is 29.2 Å². The van der Waals surface area contributed by atoms with Crippen molar-refractivity contribution in [1.29, 1.82) is 0 Å². The van der Waals surface area contributed by atoms with E-state index in [4.69, 9.17) is 4.74 Å². The lowest BCUT2D eigenvalue weighted by molar-refractivity contribution is -0.126. The van der Waals surface area contributed by atoms with E-state index in [1.807, 2.05) is 6.92 Å². The monoisotopic (exact) mass is 386 g/mol. The van der Waals surface area contributed by atoms with Gasteiger partial charge in [-0.3, -0.25) is 4.79 Å². The molecule has 1 aromatic rings. The van der Waals surface area contributed by atoms with Crippen molar-refractivity contribution in [2.24, 2.45) is 0 Å². The molecule has 1 amide bonds. The number of benzene rings is 1. The number of rotatable bonds is 6. The van der Waals surface area contributed by atoms with Crippen LogP contribution in [-0.2, 0) is 19.6 Å². The minimum Gasteiger partial charge on any atom is -0.372 e. The van der Waals surface area contributed by atoms with Crippen LogP contribution in [0.3, 0.4) is 0 Å². The van der Waals surface area contributed by atoms with Crippen LogP contribution in [0, 0.1) is 6.92 Å². The smallest absolute Gasteiger partial charge is 0.244 e. The first-order valence-corrected chi connectivity index (χ1v) is 10.9. The maximum absolute atomic E-state index is 12.8. The van der Waals surface area contributed by atoms with E-state index in [1.165, 1.54) is 7.05 Å². The van der Waals surface area contributed by atoms with E-state index >= 15 is 0 Å². The van der Waals surface area contributed by atoms with Crippen molar-refractivity contribution in [2.75, 3.05) is 13.7 Å². The molecule has 1 saturated heterocycles. The van der Waals surface area contributed by atoms with Gasteiger partial charge in [-0.2, -0.15) is 4.31 Å². The minimum atomic E-state index is -3.76. The van der Waals surface area contributed by atoms with Gasteiger partial charge in [-0.15, -0.1) is 0 Å². The van der Waals surface area contributed by atoms with E-state index in [1.54, 1.807) is 38.1 Å². The number of carbonyl (C=O) groups is 1. The number of nitrogens with zero attached hydrogens (tertiary/aromatic N) is 1. The van der Waals surface area contributed by atoms with Crippen molar-refractivity contribution >= 4 is 24.7 Å². The number of likely N-dealkylation sites (N-methyl/N-ethyl adjacent to an activating group) is 1. The fourth-order valence-electron chi connectivity index (χ4n) is 2.47. The molecule has 1 heterocycles. The Morgan fingerprint density at radius 2 is 1.92 bits per heavy atom. The molecule has 2 rings (SSSR count). The summed E-state index contributed by atoms with van der Waals surface area (Å²) in [5.74, 6) is -0.286. The van der Waals surface area contributed by atoms with Crippen LogP contribution in [0.5, 0.6) is 0 Å². The first kappa shape index (κ1) is 20.3. The Bertz CT molecular complexity index is 698. The predicted octanol–water partition coefficient (Wildman–Crippen LogP) is 2.63. The highest BCUT2D eigenvalue weighted by molar-refractivity contribution is 7.89. The summed E-state index contributed by atoms with van der Waals surface area (Å²) in [5, 5.41) is 2.86. The molecule has 0 saturated carbocycles. The van der Waals surface area contributed by atoms with E-state index < -0.39 is 15.6 Å². The Balaban J connectivity index is 2.07. The van der Waals surface area contributed by atoms with Gasteiger partial charge in [-0.1, -0.05) is 17.7 Å². The lowest BCUT2D eigenvalue weighted by atomic mass is 10.1. The molecular weight excluding hydrogens is 359 g/mol. The highest BCUT2D eigenvalue weighted by Gasteiger charge is 2.40. The van der Waals surface area contributed by atoms with Gasteiger partial charge in [0.1, 0.15) is 5.54 Å². The molecule has 1 aliphatic heterocycles. The van der Waals surface area contributed by atoms with Crippen LogP contribution in [-0.4, -0.2) is 43.7 Å². The summed E-state index contributed by atoms with van der Waals surface area (Å²) in [6.45, 7) is 5.84. The van der Waals surface area contributed by atoms with E-state index in [0.717, 1.165) is 35.7 Å². The van der Waals surface area contributed by atoms with E-state index in [9.17, 15) is 13.2 Å². The third-order valence-corrected chi connectivity index (χ3v) is 7.74.